The minimum atomic E-state index is -0.928. The van der Waals surface area contributed by atoms with Gasteiger partial charge in [0.1, 0.15) is 0 Å². The molecule has 106 valence electrons. The molecule has 1 amide bonds. The molecule has 1 unspecified atom stereocenters. The molecule has 20 heavy (non-hydrogen) atoms. The van der Waals surface area contributed by atoms with Crippen molar-refractivity contribution in [2.45, 2.75) is 25.9 Å². The molecule has 1 atom stereocenters. The lowest BCUT2D eigenvalue weighted by atomic mass is 10.2. The van der Waals surface area contributed by atoms with Gasteiger partial charge in [0.05, 0.1) is 10.8 Å². The lowest BCUT2D eigenvalue weighted by Gasteiger charge is -2.13. The van der Waals surface area contributed by atoms with Gasteiger partial charge in [-0.15, -0.1) is 0 Å². The van der Waals surface area contributed by atoms with Gasteiger partial charge in [0.25, 0.3) is 11.6 Å². The molecule has 0 saturated heterocycles. The first-order valence-corrected chi connectivity index (χ1v) is 6.23. The van der Waals surface area contributed by atoms with Gasteiger partial charge in [0.2, 0.25) is 0 Å². The number of amides is 1. The van der Waals surface area contributed by atoms with Crippen LogP contribution in [0.15, 0.2) is 24.3 Å². The quantitative estimate of drug-likeness (QED) is 0.503. The van der Waals surface area contributed by atoms with Crippen LogP contribution in [0.2, 0.25) is 0 Å². The summed E-state index contributed by atoms with van der Waals surface area (Å²) in [5, 5.41) is 13.1. The largest absolute Gasteiger partial charge is 0.452 e. The van der Waals surface area contributed by atoms with Crippen LogP contribution < -0.4 is 5.32 Å². The summed E-state index contributed by atoms with van der Waals surface area (Å²) in [7, 11) is 0. The van der Waals surface area contributed by atoms with E-state index in [2.05, 4.69) is 5.32 Å². The van der Waals surface area contributed by atoms with Crippen LogP contribution >= 0.6 is 0 Å². The number of nitro groups is 1. The van der Waals surface area contributed by atoms with Crippen molar-refractivity contribution in [3.05, 3.63) is 34.4 Å². The monoisotopic (exact) mass is 278 g/mol. The molecular formula is C13H14N2O5. The second-order valence-corrected chi connectivity index (χ2v) is 4.65. The summed E-state index contributed by atoms with van der Waals surface area (Å²) < 4.78 is 5.00. The van der Waals surface area contributed by atoms with Crippen LogP contribution in [0.5, 0.6) is 0 Å². The van der Waals surface area contributed by atoms with E-state index in [4.69, 9.17) is 4.74 Å². The SMILES string of the molecule is CC(OC(=O)C1CC1)C(=O)Nc1cccc([N+](=O)[O-])c1. The van der Waals surface area contributed by atoms with Crippen LogP contribution in [-0.4, -0.2) is 22.9 Å². The number of anilines is 1. The number of non-ortho nitro benzene ring substituents is 1. The number of rotatable bonds is 5. The van der Waals surface area contributed by atoms with Crippen molar-refractivity contribution in [3.8, 4) is 0 Å². The first-order chi connectivity index (χ1) is 9.47. The Hall–Kier alpha value is -2.44. The molecule has 1 aliphatic rings. The minimum absolute atomic E-state index is 0.0805. The number of hydrogen-bond donors (Lipinski definition) is 1. The lowest BCUT2D eigenvalue weighted by Crippen LogP contribution is -2.30. The fourth-order valence-electron chi connectivity index (χ4n) is 1.58. The maximum absolute atomic E-state index is 11.8. The topological polar surface area (TPSA) is 98.5 Å². The Kier molecular flexibility index (Phi) is 3.97. The van der Waals surface area contributed by atoms with Crippen LogP contribution in [-0.2, 0) is 14.3 Å². The zero-order valence-electron chi connectivity index (χ0n) is 10.9. The molecule has 7 heteroatoms. The van der Waals surface area contributed by atoms with Crippen LogP contribution in [0.3, 0.4) is 0 Å². The van der Waals surface area contributed by atoms with Gasteiger partial charge >= 0.3 is 5.97 Å². The Morgan fingerprint density at radius 1 is 1.45 bits per heavy atom. The van der Waals surface area contributed by atoms with E-state index in [1.54, 1.807) is 0 Å². The zero-order valence-corrected chi connectivity index (χ0v) is 10.9. The smallest absolute Gasteiger partial charge is 0.309 e. The Labute approximate surface area is 115 Å². The summed E-state index contributed by atoms with van der Waals surface area (Å²) in [6.45, 7) is 1.47. The van der Waals surface area contributed by atoms with E-state index in [-0.39, 0.29) is 17.6 Å². The van der Waals surface area contributed by atoms with Crippen molar-refractivity contribution in [1.82, 2.24) is 0 Å². The maximum atomic E-state index is 11.8. The van der Waals surface area contributed by atoms with Gasteiger partial charge < -0.3 is 10.1 Å². The van der Waals surface area contributed by atoms with Crippen molar-refractivity contribution < 1.29 is 19.2 Å². The standard InChI is InChI=1S/C13H14N2O5/c1-8(20-13(17)9-5-6-9)12(16)14-10-3-2-4-11(7-10)15(18)19/h2-4,7-9H,5-6H2,1H3,(H,14,16). The predicted octanol–water partition coefficient (Wildman–Crippen LogP) is 1.87. The fraction of sp³-hybridized carbons (Fsp3) is 0.385. The third kappa shape index (κ3) is 3.53. The van der Waals surface area contributed by atoms with Crippen LogP contribution in [0.4, 0.5) is 11.4 Å². The third-order valence-electron chi connectivity index (χ3n) is 2.90. The molecular weight excluding hydrogens is 264 g/mol. The Bertz CT molecular complexity index is 553. The molecule has 1 fully saturated rings. The number of carbonyl (C=O) groups is 2. The maximum Gasteiger partial charge on any atom is 0.309 e. The van der Waals surface area contributed by atoms with Crippen LogP contribution in [0, 0.1) is 16.0 Å². The molecule has 1 saturated carbocycles. The zero-order chi connectivity index (χ0) is 14.7. The van der Waals surface area contributed by atoms with Crippen LogP contribution in [0.1, 0.15) is 19.8 Å². The number of nitrogens with zero attached hydrogens (tertiary/aromatic N) is 1. The average molecular weight is 278 g/mol. The Balaban J connectivity index is 1.94. The summed E-state index contributed by atoms with van der Waals surface area (Å²) in [4.78, 5) is 33.3. The van der Waals surface area contributed by atoms with Gasteiger partial charge in [-0.1, -0.05) is 6.07 Å². The normalized spacial score (nSPS) is 15.2. The highest BCUT2D eigenvalue weighted by atomic mass is 16.6. The summed E-state index contributed by atoms with van der Waals surface area (Å²) in [6.07, 6.45) is 0.679. The number of carbonyl (C=O) groups excluding carboxylic acids is 2. The molecule has 1 aliphatic carbocycles. The fourth-order valence-corrected chi connectivity index (χ4v) is 1.58. The molecule has 0 heterocycles. The van der Waals surface area contributed by atoms with Gasteiger partial charge in [-0.3, -0.25) is 19.7 Å². The van der Waals surface area contributed by atoms with Crippen molar-refractivity contribution in [1.29, 1.82) is 0 Å². The van der Waals surface area contributed by atoms with Crippen LogP contribution in [0.25, 0.3) is 0 Å². The van der Waals surface area contributed by atoms with E-state index in [1.165, 1.54) is 31.2 Å². The molecule has 1 N–H and O–H groups in total. The molecule has 0 aromatic heterocycles. The second kappa shape index (κ2) is 5.68. The second-order valence-electron chi connectivity index (χ2n) is 4.65. The molecule has 1 aromatic rings. The highest BCUT2D eigenvalue weighted by Gasteiger charge is 2.33. The Morgan fingerprint density at radius 2 is 2.15 bits per heavy atom. The third-order valence-corrected chi connectivity index (χ3v) is 2.90. The molecule has 0 radical (unpaired) electrons. The molecule has 7 nitrogen and oxygen atoms in total. The van der Waals surface area contributed by atoms with E-state index < -0.39 is 16.9 Å². The first kappa shape index (κ1) is 14.0. The van der Waals surface area contributed by atoms with Gasteiger partial charge in [0.15, 0.2) is 6.10 Å². The van der Waals surface area contributed by atoms with E-state index in [0.717, 1.165) is 12.8 Å². The highest BCUT2D eigenvalue weighted by molar-refractivity contribution is 5.95. The number of nitrogens with one attached hydrogen (secondary N) is 1. The average Bonchev–Trinajstić information content (AvgIpc) is 3.23. The molecule has 0 aliphatic heterocycles. The van der Waals surface area contributed by atoms with Crippen molar-refractivity contribution in [2.75, 3.05) is 5.32 Å². The van der Waals surface area contributed by atoms with Crippen molar-refractivity contribution in [3.63, 3.8) is 0 Å². The summed E-state index contributed by atoms with van der Waals surface area (Å²) in [5.74, 6) is -0.964. The van der Waals surface area contributed by atoms with E-state index >= 15 is 0 Å². The highest BCUT2D eigenvalue weighted by Crippen LogP contribution is 2.30. The van der Waals surface area contributed by atoms with Gasteiger partial charge in [-0.05, 0) is 25.8 Å². The van der Waals surface area contributed by atoms with Gasteiger partial charge in [0, 0.05) is 17.8 Å². The molecule has 2 rings (SSSR count). The van der Waals surface area contributed by atoms with Gasteiger partial charge in [-0.2, -0.15) is 0 Å². The van der Waals surface area contributed by atoms with Gasteiger partial charge in [-0.25, -0.2) is 0 Å². The Morgan fingerprint density at radius 3 is 2.75 bits per heavy atom. The number of esters is 1. The number of ether oxygens (including phenoxy) is 1. The molecule has 0 bridgehead atoms. The first-order valence-electron chi connectivity index (χ1n) is 6.23. The minimum Gasteiger partial charge on any atom is -0.452 e. The summed E-state index contributed by atoms with van der Waals surface area (Å²) >= 11 is 0. The van der Waals surface area contributed by atoms with Crippen molar-refractivity contribution in [2.24, 2.45) is 5.92 Å². The van der Waals surface area contributed by atoms with E-state index in [1.807, 2.05) is 0 Å². The van der Waals surface area contributed by atoms with E-state index in [9.17, 15) is 19.7 Å². The van der Waals surface area contributed by atoms with E-state index in [0.29, 0.717) is 5.69 Å². The lowest BCUT2D eigenvalue weighted by molar-refractivity contribution is -0.384. The number of benzene rings is 1. The molecule has 1 aromatic carbocycles. The number of hydrogen-bond acceptors (Lipinski definition) is 5. The molecule has 0 spiro atoms. The summed E-state index contributed by atoms with van der Waals surface area (Å²) in [6, 6.07) is 5.56. The number of nitro benzene ring substituents is 1. The predicted molar refractivity (Wildman–Crippen MR) is 70.0 cm³/mol. The van der Waals surface area contributed by atoms with Crippen molar-refractivity contribution >= 4 is 23.3 Å². The summed E-state index contributed by atoms with van der Waals surface area (Å²) in [5.41, 5.74) is 0.170.